The summed E-state index contributed by atoms with van der Waals surface area (Å²) in [7, 11) is 0. The average Bonchev–Trinajstić information content (AvgIpc) is 3.03. The van der Waals surface area contributed by atoms with Crippen LogP contribution in [0.5, 0.6) is 0 Å². The van der Waals surface area contributed by atoms with Crippen LogP contribution in [0.2, 0.25) is 0 Å². The van der Waals surface area contributed by atoms with Crippen molar-refractivity contribution in [1.82, 2.24) is 5.32 Å². The van der Waals surface area contributed by atoms with Gasteiger partial charge in [-0.05, 0) is 55.8 Å². The first-order chi connectivity index (χ1) is 9.28. The summed E-state index contributed by atoms with van der Waals surface area (Å²) in [4.78, 5) is 2.61. The Balaban J connectivity index is 1.69. The molecule has 0 radical (unpaired) electrons. The zero-order valence-electron chi connectivity index (χ0n) is 11.7. The Labute approximate surface area is 124 Å². The van der Waals surface area contributed by atoms with Crippen molar-refractivity contribution in [3.05, 3.63) is 28.2 Å². The molecule has 1 aliphatic heterocycles. The molecule has 0 spiro atoms. The molecule has 1 aromatic carbocycles. The first kappa shape index (κ1) is 13.4. The summed E-state index contributed by atoms with van der Waals surface area (Å²) < 4.78 is 1.25. The SMILES string of the molecule is CCCNCc1ccc(N2CC3CCC2C3)cc1Br. The minimum atomic E-state index is 0.806. The Kier molecular flexibility index (Phi) is 4.13. The van der Waals surface area contributed by atoms with E-state index in [-0.39, 0.29) is 0 Å². The van der Waals surface area contributed by atoms with Gasteiger partial charge in [0.25, 0.3) is 0 Å². The number of fused-ring (bicyclic) bond motifs is 2. The van der Waals surface area contributed by atoms with E-state index in [9.17, 15) is 0 Å². The van der Waals surface area contributed by atoms with Crippen molar-refractivity contribution in [2.45, 2.75) is 45.2 Å². The number of rotatable bonds is 5. The van der Waals surface area contributed by atoms with Crippen LogP contribution in [0.1, 0.15) is 38.2 Å². The molecule has 1 saturated heterocycles. The summed E-state index contributed by atoms with van der Waals surface area (Å²) in [5.74, 6) is 0.953. The number of hydrogen-bond donors (Lipinski definition) is 1. The maximum Gasteiger partial charge on any atom is 0.0380 e. The predicted octanol–water partition coefficient (Wildman–Crippen LogP) is 3.94. The minimum Gasteiger partial charge on any atom is -0.368 e. The molecular formula is C16H23BrN2. The monoisotopic (exact) mass is 322 g/mol. The number of nitrogens with zero attached hydrogens (tertiary/aromatic N) is 1. The molecular weight excluding hydrogens is 300 g/mol. The Hall–Kier alpha value is -0.540. The molecule has 1 aliphatic carbocycles. The van der Waals surface area contributed by atoms with E-state index in [0.717, 1.165) is 25.0 Å². The zero-order chi connectivity index (χ0) is 13.2. The fourth-order valence-electron chi connectivity index (χ4n) is 3.50. The molecule has 1 aromatic rings. The summed E-state index contributed by atoms with van der Waals surface area (Å²) in [5.41, 5.74) is 2.76. The molecule has 2 aliphatic rings. The van der Waals surface area contributed by atoms with E-state index in [0.29, 0.717) is 0 Å². The molecule has 3 rings (SSSR count). The highest BCUT2D eigenvalue weighted by Crippen LogP contribution is 2.40. The van der Waals surface area contributed by atoms with Gasteiger partial charge in [-0.2, -0.15) is 0 Å². The van der Waals surface area contributed by atoms with Gasteiger partial charge in [-0.15, -0.1) is 0 Å². The van der Waals surface area contributed by atoms with Crippen molar-refractivity contribution in [3.8, 4) is 0 Å². The van der Waals surface area contributed by atoms with E-state index in [2.05, 4.69) is 51.3 Å². The fourth-order valence-corrected chi connectivity index (χ4v) is 4.01. The topological polar surface area (TPSA) is 15.3 Å². The molecule has 1 heterocycles. The van der Waals surface area contributed by atoms with Crippen LogP contribution in [0.15, 0.2) is 22.7 Å². The van der Waals surface area contributed by atoms with Crippen molar-refractivity contribution >= 4 is 21.6 Å². The number of nitrogens with one attached hydrogen (secondary N) is 1. The molecule has 0 aromatic heterocycles. The smallest absolute Gasteiger partial charge is 0.0380 e. The lowest BCUT2D eigenvalue weighted by atomic mass is 10.1. The van der Waals surface area contributed by atoms with Crippen LogP contribution in [0, 0.1) is 5.92 Å². The molecule has 2 fully saturated rings. The third-order valence-electron chi connectivity index (χ3n) is 4.52. The summed E-state index contributed by atoms with van der Waals surface area (Å²) in [6.07, 6.45) is 5.44. The van der Waals surface area contributed by atoms with Crippen LogP contribution < -0.4 is 10.2 Å². The van der Waals surface area contributed by atoms with E-state index in [1.54, 1.807) is 0 Å². The van der Waals surface area contributed by atoms with Crippen LogP contribution in [0.4, 0.5) is 5.69 Å². The van der Waals surface area contributed by atoms with Crippen LogP contribution in [0.3, 0.4) is 0 Å². The van der Waals surface area contributed by atoms with Crippen molar-refractivity contribution in [1.29, 1.82) is 0 Å². The lowest BCUT2D eigenvalue weighted by Crippen LogP contribution is -2.31. The minimum absolute atomic E-state index is 0.806. The molecule has 1 N–H and O–H groups in total. The molecule has 2 bridgehead atoms. The molecule has 19 heavy (non-hydrogen) atoms. The Morgan fingerprint density at radius 2 is 2.26 bits per heavy atom. The Morgan fingerprint density at radius 3 is 2.89 bits per heavy atom. The second-order valence-electron chi connectivity index (χ2n) is 5.94. The van der Waals surface area contributed by atoms with Crippen LogP contribution in [0.25, 0.3) is 0 Å². The number of benzene rings is 1. The van der Waals surface area contributed by atoms with Gasteiger partial charge in [-0.1, -0.05) is 28.9 Å². The number of hydrogen-bond acceptors (Lipinski definition) is 2. The zero-order valence-corrected chi connectivity index (χ0v) is 13.2. The highest BCUT2D eigenvalue weighted by Gasteiger charge is 2.37. The summed E-state index contributed by atoms with van der Waals surface area (Å²) in [6.45, 7) is 5.52. The van der Waals surface area contributed by atoms with Gasteiger partial charge in [0, 0.05) is 29.3 Å². The quantitative estimate of drug-likeness (QED) is 0.826. The lowest BCUT2D eigenvalue weighted by Gasteiger charge is -2.29. The van der Waals surface area contributed by atoms with Gasteiger partial charge in [0.1, 0.15) is 0 Å². The van der Waals surface area contributed by atoms with Gasteiger partial charge in [0.05, 0.1) is 0 Å². The molecule has 3 heteroatoms. The van der Waals surface area contributed by atoms with Crippen molar-refractivity contribution in [2.75, 3.05) is 18.0 Å². The fraction of sp³-hybridized carbons (Fsp3) is 0.625. The van der Waals surface area contributed by atoms with Gasteiger partial charge < -0.3 is 10.2 Å². The van der Waals surface area contributed by atoms with Crippen LogP contribution in [-0.4, -0.2) is 19.1 Å². The van der Waals surface area contributed by atoms with Crippen molar-refractivity contribution in [2.24, 2.45) is 5.92 Å². The Bertz CT molecular complexity index is 446. The van der Waals surface area contributed by atoms with Crippen molar-refractivity contribution < 1.29 is 0 Å². The number of halogens is 1. The lowest BCUT2D eigenvalue weighted by molar-refractivity contribution is 0.553. The van der Waals surface area contributed by atoms with Crippen LogP contribution >= 0.6 is 15.9 Å². The van der Waals surface area contributed by atoms with E-state index < -0.39 is 0 Å². The summed E-state index contributed by atoms with van der Waals surface area (Å²) in [6, 6.07) is 7.69. The van der Waals surface area contributed by atoms with E-state index in [1.165, 1.54) is 48.0 Å². The van der Waals surface area contributed by atoms with Gasteiger partial charge >= 0.3 is 0 Å². The second kappa shape index (κ2) is 5.84. The third-order valence-corrected chi connectivity index (χ3v) is 5.26. The predicted molar refractivity (Wildman–Crippen MR) is 84.6 cm³/mol. The molecule has 2 unspecified atom stereocenters. The van der Waals surface area contributed by atoms with Crippen LogP contribution in [-0.2, 0) is 6.54 Å². The van der Waals surface area contributed by atoms with Gasteiger partial charge in [-0.25, -0.2) is 0 Å². The first-order valence-electron chi connectivity index (χ1n) is 7.53. The van der Waals surface area contributed by atoms with Gasteiger partial charge in [0.15, 0.2) is 0 Å². The van der Waals surface area contributed by atoms with Gasteiger partial charge in [0.2, 0.25) is 0 Å². The Morgan fingerprint density at radius 1 is 1.37 bits per heavy atom. The van der Waals surface area contributed by atoms with E-state index in [1.807, 2.05) is 0 Å². The van der Waals surface area contributed by atoms with E-state index in [4.69, 9.17) is 0 Å². The molecule has 2 atom stereocenters. The third kappa shape index (κ3) is 2.82. The molecule has 104 valence electrons. The molecule has 0 amide bonds. The number of piperidine rings is 1. The normalized spacial score (nSPS) is 25.3. The standard InChI is InChI=1S/C16H23BrN2/c1-2-7-18-10-13-4-6-15(9-16(13)17)19-11-12-3-5-14(19)8-12/h4,6,9,12,14,18H,2-3,5,7-8,10-11H2,1H3. The van der Waals surface area contributed by atoms with E-state index >= 15 is 0 Å². The average molecular weight is 323 g/mol. The summed E-state index contributed by atoms with van der Waals surface area (Å²) >= 11 is 3.73. The molecule has 1 saturated carbocycles. The maximum atomic E-state index is 3.73. The highest BCUT2D eigenvalue weighted by atomic mass is 79.9. The maximum absolute atomic E-state index is 3.73. The van der Waals surface area contributed by atoms with Gasteiger partial charge in [-0.3, -0.25) is 0 Å². The first-order valence-corrected chi connectivity index (χ1v) is 8.33. The molecule has 2 nitrogen and oxygen atoms in total. The second-order valence-corrected chi connectivity index (χ2v) is 6.79. The summed E-state index contributed by atoms with van der Waals surface area (Å²) in [5, 5.41) is 3.46. The van der Waals surface area contributed by atoms with Crippen molar-refractivity contribution in [3.63, 3.8) is 0 Å². The largest absolute Gasteiger partial charge is 0.368 e. The number of anilines is 1. The highest BCUT2D eigenvalue weighted by molar-refractivity contribution is 9.10.